The molecule has 0 radical (unpaired) electrons. The van der Waals surface area contributed by atoms with E-state index in [2.05, 4.69) is 0 Å². The minimum Gasteiger partial charge on any atom is -0.386 e. The maximum Gasteiger partial charge on any atom is 0.338 e. The molecule has 1 atom stereocenters. The predicted octanol–water partition coefficient (Wildman–Crippen LogP) is -3.80. The Bertz CT molecular complexity index is 486. The number of rotatable bonds is 2. The summed E-state index contributed by atoms with van der Waals surface area (Å²) in [5, 5.41) is 27.4. The summed E-state index contributed by atoms with van der Waals surface area (Å²) in [6.07, 6.45) is -1.80. The number of aromatic amines is 2. The molecule has 0 aliphatic rings. The van der Waals surface area contributed by atoms with E-state index in [0.717, 1.165) is 6.92 Å². The maximum absolute atomic E-state index is 11.1. The summed E-state index contributed by atoms with van der Waals surface area (Å²) in [7, 11) is 0. The third kappa shape index (κ3) is 1.88. The van der Waals surface area contributed by atoms with Crippen LogP contribution in [0.25, 0.3) is 0 Å². The van der Waals surface area contributed by atoms with Gasteiger partial charge in [0.15, 0.2) is 0 Å². The molecule has 0 fully saturated rings. The Hall–Kier alpha value is -1.71. The van der Waals surface area contributed by atoms with Gasteiger partial charge in [-0.25, -0.2) is 14.4 Å². The maximum atomic E-state index is 11.1. The molecule has 0 saturated heterocycles. The largest absolute Gasteiger partial charge is 0.386 e. The minimum atomic E-state index is -3.09. The van der Waals surface area contributed by atoms with E-state index in [1.54, 1.807) is 9.97 Å². The number of aromatic nitrogens is 3. The van der Waals surface area contributed by atoms with E-state index >= 15 is 0 Å². The minimum absolute atomic E-state index is 0.112. The van der Waals surface area contributed by atoms with Crippen molar-refractivity contribution in [3.05, 3.63) is 31.5 Å². The Kier molecular flexibility index (Phi) is 2.62. The quantitative estimate of drug-likeness (QED) is 0.322. The molecule has 0 saturated carbocycles. The molecule has 0 aliphatic heterocycles. The van der Waals surface area contributed by atoms with Crippen LogP contribution in [-0.4, -0.2) is 36.0 Å². The van der Waals surface area contributed by atoms with Crippen LogP contribution >= 0.6 is 0 Å². The van der Waals surface area contributed by atoms with Gasteiger partial charge < -0.3 is 15.3 Å². The molecule has 0 amide bonds. The van der Waals surface area contributed by atoms with Crippen molar-refractivity contribution in [3.8, 4) is 0 Å². The Morgan fingerprint density at radius 3 is 1.93 bits per heavy atom. The first-order valence-corrected chi connectivity index (χ1v) is 3.85. The summed E-state index contributed by atoms with van der Waals surface area (Å²) in [4.78, 5) is 36.0. The van der Waals surface area contributed by atoms with E-state index in [-0.39, 0.29) is 4.57 Å². The lowest BCUT2D eigenvalue weighted by atomic mass is 10.3. The Balaban J connectivity index is 3.60. The molecule has 9 heteroatoms. The molecule has 1 heterocycles. The number of H-pyrrole nitrogens is 2. The number of aliphatic hydroxyl groups excluding tert-OH is 1. The SMILES string of the molecule is CC(O)C(O)(O)n1c(=O)[nH]c(=O)[nH]c1=O. The second kappa shape index (κ2) is 3.46. The fourth-order valence-electron chi connectivity index (χ4n) is 0.915. The predicted molar refractivity (Wildman–Crippen MR) is 46.0 cm³/mol. The summed E-state index contributed by atoms with van der Waals surface area (Å²) in [6, 6.07) is 0. The lowest BCUT2D eigenvalue weighted by Crippen LogP contribution is -2.57. The smallest absolute Gasteiger partial charge is 0.338 e. The van der Waals surface area contributed by atoms with E-state index in [9.17, 15) is 24.6 Å². The summed E-state index contributed by atoms with van der Waals surface area (Å²) < 4.78 is -0.112. The fraction of sp³-hybridized carbons (Fsp3) is 0.500. The average Bonchev–Trinajstić information content (AvgIpc) is 2.00. The molecule has 1 rings (SSSR count). The Labute approximate surface area is 81.3 Å². The van der Waals surface area contributed by atoms with Gasteiger partial charge in [0.25, 0.3) is 5.91 Å². The average molecular weight is 219 g/mol. The molecule has 5 N–H and O–H groups in total. The van der Waals surface area contributed by atoms with Crippen LogP contribution in [0.1, 0.15) is 6.92 Å². The lowest BCUT2D eigenvalue weighted by molar-refractivity contribution is -0.285. The second-order valence-corrected chi connectivity index (χ2v) is 2.89. The van der Waals surface area contributed by atoms with E-state index in [4.69, 9.17) is 5.11 Å². The van der Waals surface area contributed by atoms with Gasteiger partial charge in [0.1, 0.15) is 6.10 Å². The van der Waals surface area contributed by atoms with Crippen molar-refractivity contribution in [2.75, 3.05) is 0 Å². The number of nitrogens with one attached hydrogen (secondary N) is 2. The molecule has 0 aliphatic carbocycles. The molecule has 1 aromatic rings. The number of hydrogen-bond acceptors (Lipinski definition) is 6. The van der Waals surface area contributed by atoms with Crippen LogP contribution in [0, 0.1) is 0 Å². The zero-order chi connectivity index (χ0) is 11.8. The van der Waals surface area contributed by atoms with Gasteiger partial charge in [-0.05, 0) is 6.92 Å². The topological polar surface area (TPSA) is 148 Å². The van der Waals surface area contributed by atoms with Crippen LogP contribution in [0.5, 0.6) is 0 Å². The zero-order valence-corrected chi connectivity index (χ0v) is 7.59. The molecule has 1 aromatic heterocycles. The van der Waals surface area contributed by atoms with Crippen LogP contribution in [0.3, 0.4) is 0 Å². The van der Waals surface area contributed by atoms with Crippen LogP contribution in [0.4, 0.5) is 0 Å². The summed E-state index contributed by atoms with van der Waals surface area (Å²) in [5.74, 6) is -3.09. The first-order valence-electron chi connectivity index (χ1n) is 3.85. The van der Waals surface area contributed by atoms with Crippen LogP contribution in [0.15, 0.2) is 14.4 Å². The first-order chi connectivity index (χ1) is 6.76. The fourth-order valence-corrected chi connectivity index (χ4v) is 0.915. The van der Waals surface area contributed by atoms with Crippen LogP contribution in [0.2, 0.25) is 0 Å². The van der Waals surface area contributed by atoms with Crippen molar-refractivity contribution in [2.24, 2.45) is 0 Å². The van der Waals surface area contributed by atoms with Crippen LogP contribution in [-0.2, 0) is 5.91 Å². The van der Waals surface area contributed by atoms with E-state index in [0.29, 0.717) is 0 Å². The molecule has 0 spiro atoms. The molecule has 9 nitrogen and oxygen atoms in total. The highest BCUT2D eigenvalue weighted by molar-refractivity contribution is 4.77. The van der Waals surface area contributed by atoms with Gasteiger partial charge >= 0.3 is 17.1 Å². The van der Waals surface area contributed by atoms with Crippen molar-refractivity contribution in [1.29, 1.82) is 0 Å². The molecule has 0 bridgehead atoms. The molecule has 84 valence electrons. The van der Waals surface area contributed by atoms with Crippen molar-refractivity contribution >= 4 is 0 Å². The van der Waals surface area contributed by atoms with Gasteiger partial charge in [-0.15, -0.1) is 0 Å². The van der Waals surface area contributed by atoms with Crippen LogP contribution < -0.4 is 17.1 Å². The first kappa shape index (κ1) is 11.4. The summed E-state index contributed by atoms with van der Waals surface area (Å²) in [5.41, 5.74) is -3.76. The molecular weight excluding hydrogens is 210 g/mol. The van der Waals surface area contributed by atoms with E-state index < -0.39 is 29.1 Å². The van der Waals surface area contributed by atoms with E-state index in [1.807, 2.05) is 0 Å². The van der Waals surface area contributed by atoms with Crippen molar-refractivity contribution in [3.63, 3.8) is 0 Å². The van der Waals surface area contributed by atoms with Crippen molar-refractivity contribution < 1.29 is 15.3 Å². The normalized spacial score (nSPS) is 13.9. The Morgan fingerprint density at radius 1 is 1.20 bits per heavy atom. The highest BCUT2D eigenvalue weighted by Gasteiger charge is 2.35. The second-order valence-electron chi connectivity index (χ2n) is 2.89. The molecule has 1 unspecified atom stereocenters. The zero-order valence-electron chi connectivity index (χ0n) is 7.59. The van der Waals surface area contributed by atoms with Gasteiger partial charge in [0.2, 0.25) is 0 Å². The third-order valence-corrected chi connectivity index (χ3v) is 1.74. The lowest BCUT2D eigenvalue weighted by Gasteiger charge is -2.24. The number of aliphatic hydroxyl groups is 3. The van der Waals surface area contributed by atoms with Gasteiger partial charge in [-0.2, -0.15) is 4.57 Å². The number of hydrogen-bond donors (Lipinski definition) is 5. The van der Waals surface area contributed by atoms with E-state index in [1.165, 1.54) is 0 Å². The molecule has 15 heavy (non-hydrogen) atoms. The highest BCUT2D eigenvalue weighted by atomic mass is 16.5. The Morgan fingerprint density at radius 2 is 1.60 bits per heavy atom. The highest BCUT2D eigenvalue weighted by Crippen LogP contribution is 2.07. The van der Waals surface area contributed by atoms with Gasteiger partial charge in [-0.1, -0.05) is 0 Å². The molecule has 0 aromatic carbocycles. The van der Waals surface area contributed by atoms with Gasteiger partial charge in [0.05, 0.1) is 0 Å². The van der Waals surface area contributed by atoms with Crippen molar-refractivity contribution in [1.82, 2.24) is 14.5 Å². The van der Waals surface area contributed by atoms with Gasteiger partial charge in [-0.3, -0.25) is 9.97 Å². The molecular formula is C6H9N3O6. The standard InChI is InChI=1S/C6H9N3O6/c1-2(10)6(14,15)9-4(12)7-3(11)8-5(9)13/h2,10,14-15H,1H3,(H2,7,8,11,12,13). The van der Waals surface area contributed by atoms with Crippen molar-refractivity contribution in [2.45, 2.75) is 18.9 Å². The third-order valence-electron chi connectivity index (χ3n) is 1.74. The number of nitrogens with zero attached hydrogens (tertiary/aromatic N) is 1. The van der Waals surface area contributed by atoms with Gasteiger partial charge in [0, 0.05) is 0 Å². The monoisotopic (exact) mass is 219 g/mol. The summed E-state index contributed by atoms with van der Waals surface area (Å²) in [6.45, 7) is 0.955. The summed E-state index contributed by atoms with van der Waals surface area (Å²) >= 11 is 0.